The highest BCUT2D eigenvalue weighted by atomic mass is 35.5. The van der Waals surface area contributed by atoms with Crippen molar-refractivity contribution in [3.8, 4) is 11.1 Å². The summed E-state index contributed by atoms with van der Waals surface area (Å²) in [5.74, 6) is 0. The maximum absolute atomic E-state index is 12.3. The molecular weight excluding hydrogens is 498 g/mol. The first-order chi connectivity index (χ1) is 16.1. The van der Waals surface area contributed by atoms with Crippen LogP contribution in [-0.4, -0.2) is 31.2 Å². The van der Waals surface area contributed by atoms with Crippen molar-refractivity contribution in [2.24, 2.45) is 0 Å². The number of thiophene rings is 1. The fourth-order valence-corrected chi connectivity index (χ4v) is 5.91. The lowest BCUT2D eigenvalue weighted by atomic mass is 10.1. The number of nitrogens with one attached hydrogen (secondary N) is 2. The number of nitrogens with zero attached hydrogens (tertiary/aromatic N) is 5. The van der Waals surface area contributed by atoms with Gasteiger partial charge in [0.15, 0.2) is 4.34 Å². The summed E-state index contributed by atoms with van der Waals surface area (Å²) in [4.78, 5) is 26.2. The summed E-state index contributed by atoms with van der Waals surface area (Å²) in [6.45, 7) is 1.90. The van der Waals surface area contributed by atoms with E-state index in [-0.39, 0.29) is 0 Å². The van der Waals surface area contributed by atoms with E-state index in [2.05, 4.69) is 41.2 Å². The maximum atomic E-state index is 12.3. The van der Waals surface area contributed by atoms with Crippen molar-refractivity contribution >= 4 is 73.1 Å². The molecule has 8 nitrogen and oxygen atoms in total. The molecule has 2 amide bonds. The van der Waals surface area contributed by atoms with Crippen molar-refractivity contribution < 1.29 is 4.79 Å². The number of fused-ring (bicyclic) bond motifs is 1. The molecule has 0 aliphatic carbocycles. The van der Waals surface area contributed by atoms with Gasteiger partial charge in [0.05, 0.1) is 5.39 Å². The van der Waals surface area contributed by atoms with E-state index in [1.165, 1.54) is 29.4 Å². The van der Waals surface area contributed by atoms with Gasteiger partial charge in [-0.1, -0.05) is 29.0 Å². The van der Waals surface area contributed by atoms with Crippen LogP contribution < -0.4 is 10.6 Å². The monoisotopic (exact) mass is 511 g/mol. The van der Waals surface area contributed by atoms with E-state index in [4.69, 9.17) is 11.6 Å². The van der Waals surface area contributed by atoms with E-state index >= 15 is 0 Å². The van der Waals surface area contributed by atoms with Crippen LogP contribution in [0.4, 0.5) is 15.6 Å². The SMILES string of the molecule is Cc1ccc(NC(=O)Nc2nnc(Sc3ncnc4scc(-c5ccncc5)c34)s2)cc1Cl. The molecule has 5 rings (SSSR count). The summed E-state index contributed by atoms with van der Waals surface area (Å²) in [5.41, 5.74) is 3.61. The summed E-state index contributed by atoms with van der Waals surface area (Å²) in [6, 6.07) is 8.80. The molecule has 0 aliphatic heterocycles. The minimum atomic E-state index is -0.426. The van der Waals surface area contributed by atoms with E-state index in [0.29, 0.717) is 20.2 Å². The molecule has 0 fully saturated rings. The van der Waals surface area contributed by atoms with E-state index in [1.54, 1.807) is 35.9 Å². The Hall–Kier alpha value is -3.12. The van der Waals surface area contributed by atoms with Crippen LogP contribution in [0.3, 0.4) is 0 Å². The molecule has 4 heterocycles. The molecule has 0 unspecified atom stereocenters. The van der Waals surface area contributed by atoms with Gasteiger partial charge in [0.1, 0.15) is 16.2 Å². The normalized spacial score (nSPS) is 11.0. The highest BCUT2D eigenvalue weighted by Gasteiger charge is 2.17. The number of benzene rings is 1. The standard InChI is InChI=1S/C21H14ClN7OS3/c1-11-2-3-13(8-15(11)22)26-19(30)27-20-28-29-21(33-20)32-18-16-14(12-4-6-23-7-5-12)9-31-17(16)24-10-25-18/h2-10H,1H3,(H2,26,27,28,30). The number of aryl methyl sites for hydroxylation is 1. The van der Waals surface area contributed by atoms with Crippen LogP contribution in [0.1, 0.15) is 5.56 Å². The molecule has 164 valence electrons. The number of hydrogen-bond acceptors (Lipinski definition) is 9. The Morgan fingerprint density at radius 1 is 1.09 bits per heavy atom. The van der Waals surface area contributed by atoms with E-state index < -0.39 is 6.03 Å². The largest absolute Gasteiger partial charge is 0.325 e. The minimum absolute atomic E-state index is 0.373. The van der Waals surface area contributed by atoms with Crippen molar-refractivity contribution in [1.29, 1.82) is 0 Å². The molecule has 12 heteroatoms. The average molecular weight is 512 g/mol. The third kappa shape index (κ3) is 4.81. The third-order valence-electron chi connectivity index (χ3n) is 4.57. The summed E-state index contributed by atoms with van der Waals surface area (Å²) >= 11 is 10.3. The van der Waals surface area contributed by atoms with Gasteiger partial charge in [0.2, 0.25) is 5.13 Å². The fraction of sp³-hybridized carbons (Fsp3) is 0.0476. The van der Waals surface area contributed by atoms with Gasteiger partial charge >= 0.3 is 6.03 Å². The van der Waals surface area contributed by atoms with Crippen LogP contribution in [0.25, 0.3) is 21.3 Å². The Kier molecular flexibility index (Phi) is 6.18. The van der Waals surface area contributed by atoms with Gasteiger partial charge in [-0.3, -0.25) is 10.3 Å². The summed E-state index contributed by atoms with van der Waals surface area (Å²) < 4.78 is 0.649. The summed E-state index contributed by atoms with van der Waals surface area (Å²) in [5, 5.41) is 18.5. The molecule has 4 aromatic heterocycles. The summed E-state index contributed by atoms with van der Waals surface area (Å²) in [6.07, 6.45) is 5.05. The molecule has 1 aromatic carbocycles. The molecule has 0 saturated heterocycles. The molecule has 0 atom stereocenters. The second-order valence-corrected chi connectivity index (χ2v) is 10.2. The quantitative estimate of drug-likeness (QED) is 0.209. The zero-order valence-electron chi connectivity index (χ0n) is 16.9. The number of rotatable bonds is 5. The van der Waals surface area contributed by atoms with Gasteiger partial charge in [-0.15, -0.1) is 21.5 Å². The van der Waals surface area contributed by atoms with Crippen molar-refractivity contribution in [2.75, 3.05) is 10.6 Å². The van der Waals surface area contributed by atoms with Crippen LogP contribution in [0.2, 0.25) is 5.02 Å². The molecule has 2 N–H and O–H groups in total. The number of anilines is 2. The van der Waals surface area contributed by atoms with E-state index in [0.717, 1.165) is 31.9 Å². The molecule has 5 aromatic rings. The molecule has 0 radical (unpaired) electrons. The zero-order valence-corrected chi connectivity index (χ0v) is 20.1. The number of aromatic nitrogens is 5. The Bertz CT molecular complexity index is 1460. The lowest BCUT2D eigenvalue weighted by molar-refractivity contribution is 0.262. The second-order valence-electron chi connectivity index (χ2n) is 6.76. The maximum Gasteiger partial charge on any atom is 0.325 e. The average Bonchev–Trinajstić information content (AvgIpc) is 3.44. The second kappa shape index (κ2) is 9.40. The minimum Gasteiger partial charge on any atom is -0.308 e. The molecule has 0 aliphatic rings. The Balaban J connectivity index is 1.33. The van der Waals surface area contributed by atoms with Crippen LogP contribution >= 0.6 is 46.0 Å². The van der Waals surface area contributed by atoms with Gasteiger partial charge in [-0.25, -0.2) is 14.8 Å². The lowest BCUT2D eigenvalue weighted by Crippen LogP contribution is -2.19. The predicted molar refractivity (Wildman–Crippen MR) is 134 cm³/mol. The first-order valence-corrected chi connectivity index (χ1v) is 12.4. The van der Waals surface area contributed by atoms with Crippen molar-refractivity contribution in [3.63, 3.8) is 0 Å². The number of urea groups is 1. The smallest absolute Gasteiger partial charge is 0.308 e. The van der Waals surface area contributed by atoms with Crippen LogP contribution in [0.5, 0.6) is 0 Å². The van der Waals surface area contributed by atoms with Crippen LogP contribution in [0, 0.1) is 6.92 Å². The van der Waals surface area contributed by atoms with Gasteiger partial charge in [-0.2, -0.15) is 0 Å². The molecule has 0 bridgehead atoms. The topological polar surface area (TPSA) is 106 Å². The number of halogens is 1. The van der Waals surface area contributed by atoms with Gasteiger partial charge in [0.25, 0.3) is 0 Å². The van der Waals surface area contributed by atoms with Crippen LogP contribution in [-0.2, 0) is 0 Å². The first kappa shape index (κ1) is 21.7. The molecule has 0 saturated carbocycles. The van der Waals surface area contributed by atoms with Gasteiger partial charge in [0, 0.05) is 34.0 Å². The highest BCUT2D eigenvalue weighted by Crippen LogP contribution is 2.40. The predicted octanol–water partition coefficient (Wildman–Crippen LogP) is 6.36. The zero-order chi connectivity index (χ0) is 22.8. The highest BCUT2D eigenvalue weighted by molar-refractivity contribution is 8.01. The van der Waals surface area contributed by atoms with Crippen molar-refractivity contribution in [3.05, 3.63) is 65.0 Å². The Labute approximate surface area is 205 Å². The van der Waals surface area contributed by atoms with Crippen molar-refractivity contribution in [1.82, 2.24) is 25.1 Å². The number of hydrogen-bond donors (Lipinski definition) is 2. The molecule has 0 spiro atoms. The van der Waals surface area contributed by atoms with E-state index in [9.17, 15) is 4.79 Å². The fourth-order valence-electron chi connectivity index (χ4n) is 2.98. The molecule has 33 heavy (non-hydrogen) atoms. The van der Waals surface area contributed by atoms with Crippen LogP contribution in [0.15, 0.2) is 63.8 Å². The van der Waals surface area contributed by atoms with Gasteiger partial charge < -0.3 is 5.32 Å². The summed E-state index contributed by atoms with van der Waals surface area (Å²) in [7, 11) is 0. The number of pyridine rings is 1. The Morgan fingerprint density at radius 3 is 2.76 bits per heavy atom. The lowest BCUT2D eigenvalue weighted by Gasteiger charge is -2.06. The Morgan fingerprint density at radius 2 is 1.94 bits per heavy atom. The number of carbonyl (C=O) groups excluding carboxylic acids is 1. The first-order valence-electron chi connectivity index (χ1n) is 9.55. The van der Waals surface area contributed by atoms with Crippen molar-refractivity contribution in [2.45, 2.75) is 16.3 Å². The number of amides is 2. The van der Waals surface area contributed by atoms with E-state index in [1.807, 2.05) is 25.1 Å². The van der Waals surface area contributed by atoms with Gasteiger partial charge in [-0.05, 0) is 54.1 Å². The third-order valence-corrected chi connectivity index (χ3v) is 7.75. The molecular formula is C21H14ClN7OS3. The number of carbonyl (C=O) groups is 1.